The summed E-state index contributed by atoms with van der Waals surface area (Å²) in [5.41, 5.74) is 2.28. The fourth-order valence-corrected chi connectivity index (χ4v) is 3.66. The average Bonchev–Trinajstić information content (AvgIpc) is 3.05. The lowest BCUT2D eigenvalue weighted by Crippen LogP contribution is -2.37. The Bertz CT molecular complexity index is 935. The standard InChI is InChI=1S/C21H18FNO4/c1-2-26-18-6-4-3-5-15(18)16-11-19(24)23(14-9-7-13(22)8-10-14)17-12-27-21(25)20(16)17/h3-10,16H,2,11-12H2,1H3. The van der Waals surface area contributed by atoms with Gasteiger partial charge < -0.3 is 9.47 Å². The molecule has 0 aliphatic carbocycles. The van der Waals surface area contributed by atoms with Gasteiger partial charge in [-0.15, -0.1) is 0 Å². The van der Waals surface area contributed by atoms with E-state index in [-0.39, 0.29) is 24.8 Å². The molecule has 0 spiro atoms. The summed E-state index contributed by atoms with van der Waals surface area (Å²) in [7, 11) is 0. The van der Waals surface area contributed by atoms with Crippen molar-refractivity contribution in [3.05, 3.63) is 71.2 Å². The Balaban J connectivity index is 1.82. The molecule has 1 unspecified atom stereocenters. The number of rotatable bonds is 4. The van der Waals surface area contributed by atoms with Gasteiger partial charge in [0.15, 0.2) is 0 Å². The molecule has 0 saturated heterocycles. The number of esters is 1. The van der Waals surface area contributed by atoms with Gasteiger partial charge in [0.05, 0.1) is 17.9 Å². The van der Waals surface area contributed by atoms with Crippen LogP contribution in [0.15, 0.2) is 59.8 Å². The van der Waals surface area contributed by atoms with Crippen molar-refractivity contribution in [2.75, 3.05) is 18.1 Å². The molecule has 4 rings (SSSR count). The maximum atomic E-state index is 13.3. The van der Waals surface area contributed by atoms with Gasteiger partial charge in [0.25, 0.3) is 0 Å². The number of carbonyl (C=O) groups is 2. The molecule has 1 amide bonds. The summed E-state index contributed by atoms with van der Waals surface area (Å²) in [5, 5.41) is 0. The lowest BCUT2D eigenvalue weighted by atomic mass is 9.83. The van der Waals surface area contributed by atoms with Gasteiger partial charge in [-0.3, -0.25) is 9.69 Å². The van der Waals surface area contributed by atoms with Crippen LogP contribution in [0.4, 0.5) is 10.1 Å². The van der Waals surface area contributed by atoms with Gasteiger partial charge in [-0.05, 0) is 37.3 Å². The highest BCUT2D eigenvalue weighted by atomic mass is 19.1. The monoisotopic (exact) mass is 367 g/mol. The van der Waals surface area contributed by atoms with Crippen molar-refractivity contribution in [1.82, 2.24) is 0 Å². The number of benzene rings is 2. The van der Waals surface area contributed by atoms with Gasteiger partial charge in [-0.25, -0.2) is 9.18 Å². The topological polar surface area (TPSA) is 55.8 Å². The molecule has 6 heteroatoms. The van der Waals surface area contributed by atoms with Crippen LogP contribution in [0, 0.1) is 5.82 Å². The van der Waals surface area contributed by atoms with Crippen LogP contribution in [0.25, 0.3) is 0 Å². The number of hydrogen-bond acceptors (Lipinski definition) is 4. The summed E-state index contributed by atoms with van der Waals surface area (Å²) in [6, 6.07) is 13.0. The molecular formula is C21H18FNO4. The largest absolute Gasteiger partial charge is 0.494 e. The van der Waals surface area contributed by atoms with Gasteiger partial charge in [-0.2, -0.15) is 0 Å². The first-order valence-electron chi connectivity index (χ1n) is 8.80. The molecule has 138 valence electrons. The molecule has 2 aliphatic heterocycles. The summed E-state index contributed by atoms with van der Waals surface area (Å²) in [4.78, 5) is 26.9. The predicted octanol–water partition coefficient (Wildman–Crippen LogP) is 3.56. The fraction of sp³-hybridized carbons (Fsp3) is 0.238. The van der Waals surface area contributed by atoms with Crippen LogP contribution in [0.3, 0.4) is 0 Å². The molecule has 2 heterocycles. The third-order valence-corrected chi connectivity index (χ3v) is 4.80. The van der Waals surface area contributed by atoms with Crippen molar-refractivity contribution >= 4 is 17.6 Å². The molecule has 2 aromatic carbocycles. The van der Waals surface area contributed by atoms with Crippen LogP contribution in [0.1, 0.15) is 24.8 Å². The van der Waals surface area contributed by atoms with Crippen LogP contribution in [0.2, 0.25) is 0 Å². The van der Waals surface area contributed by atoms with E-state index in [1.165, 1.54) is 29.2 Å². The second-order valence-corrected chi connectivity index (χ2v) is 6.37. The van der Waals surface area contributed by atoms with E-state index in [0.29, 0.717) is 29.3 Å². The minimum atomic E-state index is -0.430. The summed E-state index contributed by atoms with van der Waals surface area (Å²) in [5.74, 6) is -0.767. The highest BCUT2D eigenvalue weighted by Gasteiger charge is 2.43. The number of para-hydroxylation sites is 1. The maximum Gasteiger partial charge on any atom is 0.336 e. The van der Waals surface area contributed by atoms with E-state index in [0.717, 1.165) is 5.56 Å². The molecule has 0 bridgehead atoms. The molecule has 0 N–H and O–H groups in total. The van der Waals surface area contributed by atoms with E-state index in [1.54, 1.807) is 0 Å². The second kappa shape index (κ2) is 6.87. The summed E-state index contributed by atoms with van der Waals surface area (Å²) < 4.78 is 24.2. The van der Waals surface area contributed by atoms with E-state index in [1.807, 2.05) is 31.2 Å². The van der Waals surface area contributed by atoms with Crippen LogP contribution >= 0.6 is 0 Å². The quantitative estimate of drug-likeness (QED) is 0.776. The van der Waals surface area contributed by atoms with E-state index in [9.17, 15) is 14.0 Å². The van der Waals surface area contributed by atoms with E-state index in [2.05, 4.69) is 0 Å². The fourth-order valence-electron chi connectivity index (χ4n) is 3.66. The Morgan fingerprint density at radius 3 is 2.63 bits per heavy atom. The summed E-state index contributed by atoms with van der Waals surface area (Å²) in [6.07, 6.45) is 0.107. The van der Waals surface area contributed by atoms with Crippen molar-refractivity contribution in [2.45, 2.75) is 19.3 Å². The van der Waals surface area contributed by atoms with Gasteiger partial charge >= 0.3 is 5.97 Å². The summed E-state index contributed by atoms with van der Waals surface area (Å²) in [6.45, 7) is 2.38. The third-order valence-electron chi connectivity index (χ3n) is 4.80. The number of cyclic esters (lactones) is 1. The first kappa shape index (κ1) is 17.3. The van der Waals surface area contributed by atoms with Crippen molar-refractivity contribution in [2.24, 2.45) is 0 Å². The van der Waals surface area contributed by atoms with Crippen LogP contribution < -0.4 is 9.64 Å². The van der Waals surface area contributed by atoms with Gasteiger partial charge in [0, 0.05) is 23.6 Å². The summed E-state index contributed by atoms with van der Waals surface area (Å²) >= 11 is 0. The molecule has 5 nitrogen and oxygen atoms in total. The second-order valence-electron chi connectivity index (χ2n) is 6.37. The third kappa shape index (κ3) is 2.97. The molecule has 2 aromatic rings. The van der Waals surface area contributed by atoms with Gasteiger partial charge in [0.1, 0.15) is 18.2 Å². The molecule has 1 atom stereocenters. The Labute approximate surface area is 156 Å². The number of anilines is 1. The number of nitrogens with zero attached hydrogens (tertiary/aromatic N) is 1. The van der Waals surface area contributed by atoms with E-state index >= 15 is 0 Å². The first-order chi connectivity index (χ1) is 13.1. The predicted molar refractivity (Wildman–Crippen MR) is 96.8 cm³/mol. The molecule has 0 aromatic heterocycles. The SMILES string of the molecule is CCOc1ccccc1C1CC(=O)N(c2ccc(F)cc2)C2=C1C(=O)OC2. The molecular weight excluding hydrogens is 349 g/mol. The molecule has 0 radical (unpaired) electrons. The lowest BCUT2D eigenvalue weighted by molar-refractivity contribution is -0.136. The zero-order valence-corrected chi connectivity index (χ0v) is 14.8. The maximum absolute atomic E-state index is 13.3. The number of amides is 1. The molecule has 0 saturated carbocycles. The Morgan fingerprint density at radius 2 is 1.89 bits per heavy atom. The first-order valence-corrected chi connectivity index (χ1v) is 8.80. The molecule has 27 heavy (non-hydrogen) atoms. The Kier molecular flexibility index (Phi) is 4.39. The molecule has 2 aliphatic rings. The zero-order chi connectivity index (χ0) is 19.0. The lowest BCUT2D eigenvalue weighted by Gasteiger charge is -2.32. The number of carbonyl (C=O) groups excluding carboxylic acids is 2. The van der Waals surface area contributed by atoms with E-state index < -0.39 is 11.9 Å². The minimum absolute atomic E-state index is 0.0184. The highest BCUT2D eigenvalue weighted by Crippen LogP contribution is 2.44. The average molecular weight is 367 g/mol. The normalized spacial score (nSPS) is 19.2. The van der Waals surface area contributed by atoms with Crippen molar-refractivity contribution in [1.29, 1.82) is 0 Å². The van der Waals surface area contributed by atoms with Crippen LogP contribution in [0.5, 0.6) is 5.75 Å². The number of ether oxygens (including phenoxy) is 2. The smallest absolute Gasteiger partial charge is 0.336 e. The van der Waals surface area contributed by atoms with Gasteiger partial charge in [0.2, 0.25) is 5.91 Å². The Hall–Kier alpha value is -3.15. The van der Waals surface area contributed by atoms with Crippen molar-refractivity contribution < 1.29 is 23.5 Å². The number of hydrogen-bond donors (Lipinski definition) is 0. The van der Waals surface area contributed by atoms with E-state index in [4.69, 9.17) is 9.47 Å². The van der Waals surface area contributed by atoms with Crippen LogP contribution in [-0.4, -0.2) is 25.1 Å². The van der Waals surface area contributed by atoms with Crippen LogP contribution in [-0.2, 0) is 14.3 Å². The van der Waals surface area contributed by atoms with Crippen molar-refractivity contribution in [3.8, 4) is 5.75 Å². The van der Waals surface area contributed by atoms with Crippen molar-refractivity contribution in [3.63, 3.8) is 0 Å². The Morgan fingerprint density at radius 1 is 1.15 bits per heavy atom. The zero-order valence-electron chi connectivity index (χ0n) is 14.8. The number of halogens is 1. The van der Waals surface area contributed by atoms with Gasteiger partial charge in [-0.1, -0.05) is 18.2 Å². The highest BCUT2D eigenvalue weighted by molar-refractivity contribution is 6.06. The molecule has 0 fully saturated rings. The minimum Gasteiger partial charge on any atom is -0.494 e.